The Morgan fingerprint density at radius 1 is 0.645 bits per heavy atom. The van der Waals surface area contributed by atoms with Gasteiger partial charge in [0, 0.05) is 16.1 Å². The fourth-order valence-corrected chi connectivity index (χ4v) is 4.99. The van der Waals surface area contributed by atoms with E-state index in [1.807, 2.05) is 26.8 Å². The largest absolute Gasteiger partial charge is 0.294 e. The van der Waals surface area contributed by atoms with Gasteiger partial charge in [0.2, 0.25) is 0 Å². The maximum Gasteiger partial charge on any atom is 0.161 e. The number of carbonyl (C=O) groups is 2. The van der Waals surface area contributed by atoms with Crippen molar-refractivity contribution in [3.8, 4) is 0 Å². The summed E-state index contributed by atoms with van der Waals surface area (Å²) in [5, 5.41) is 1.97. The predicted octanol–water partition coefficient (Wildman–Crippen LogP) is 9.64. The van der Waals surface area contributed by atoms with Gasteiger partial charge in [-0.15, -0.1) is 0 Å². The number of Topliss-reactive ketones (excluding diaryl/α,β-unsaturated/α-hetero) is 2. The van der Waals surface area contributed by atoms with E-state index in [-0.39, 0.29) is 27.4 Å². The van der Waals surface area contributed by atoms with Crippen molar-refractivity contribution in [2.75, 3.05) is 0 Å². The normalized spacial score (nSPS) is 11.6. The summed E-state index contributed by atoms with van der Waals surface area (Å²) < 4.78 is 0. The summed E-state index contributed by atoms with van der Waals surface area (Å²) in [7, 11) is 0. The molecule has 0 heterocycles. The van der Waals surface area contributed by atoms with E-state index in [1.54, 1.807) is 12.1 Å². The summed E-state index contributed by atoms with van der Waals surface area (Å²) in [6.07, 6.45) is 0. The van der Waals surface area contributed by atoms with Gasteiger partial charge in [-0.1, -0.05) is 106 Å². The molecule has 2 rings (SSSR count). The summed E-state index contributed by atoms with van der Waals surface area (Å²) in [5.74, 6) is -0.211. The molecule has 0 bridgehead atoms. The van der Waals surface area contributed by atoms with Gasteiger partial charge in [0.15, 0.2) is 11.6 Å². The molecule has 0 fully saturated rings. The first-order chi connectivity index (χ1) is 13.9. The third kappa shape index (κ3) is 6.85. The van der Waals surface area contributed by atoms with Crippen molar-refractivity contribution < 1.29 is 9.59 Å². The highest BCUT2D eigenvalue weighted by atomic mass is 35.5. The molecule has 0 amide bonds. The van der Waals surface area contributed by atoms with E-state index in [4.69, 9.17) is 58.0 Å². The van der Waals surface area contributed by atoms with Crippen LogP contribution in [0.15, 0.2) is 18.2 Å². The van der Waals surface area contributed by atoms with Crippen LogP contribution in [0.3, 0.4) is 0 Å². The van der Waals surface area contributed by atoms with Gasteiger partial charge in [0.05, 0.1) is 20.1 Å². The standard InChI is InChI=1S/C12H13Cl3O.C12H14Cl2O/c1-6(16)7-5-8(13)9(12(2,3)4)11(15)10(7)14;1-7(15)8-5-6-9(12(2,3)4)11(14)10(8)13/h5H,1-4H3;5-6H,1-4H3. The van der Waals surface area contributed by atoms with Gasteiger partial charge in [0.25, 0.3) is 0 Å². The van der Waals surface area contributed by atoms with Crippen LogP contribution in [0.1, 0.15) is 87.2 Å². The molecular weight excluding hydrogens is 498 g/mol. The molecular formula is C24H27Cl5O2. The van der Waals surface area contributed by atoms with E-state index >= 15 is 0 Å². The minimum Gasteiger partial charge on any atom is -0.294 e. The molecule has 0 aliphatic heterocycles. The van der Waals surface area contributed by atoms with Crippen molar-refractivity contribution in [1.82, 2.24) is 0 Å². The second-order valence-corrected chi connectivity index (χ2v) is 11.2. The van der Waals surface area contributed by atoms with Crippen molar-refractivity contribution in [2.24, 2.45) is 0 Å². The number of carbonyl (C=O) groups excluding carboxylic acids is 2. The lowest BCUT2D eigenvalue weighted by Gasteiger charge is -2.23. The average Bonchev–Trinajstić information content (AvgIpc) is 2.58. The number of halogens is 5. The van der Waals surface area contributed by atoms with Crippen molar-refractivity contribution in [2.45, 2.75) is 66.2 Å². The zero-order valence-corrected chi connectivity index (χ0v) is 22.7. The minimum absolute atomic E-state index is 0.0673. The Balaban J connectivity index is 0.000000311. The van der Waals surface area contributed by atoms with Crippen LogP contribution in [-0.4, -0.2) is 11.6 Å². The molecule has 0 N–H and O–H groups in total. The Bertz CT molecular complexity index is 1010. The molecule has 170 valence electrons. The zero-order chi connectivity index (χ0) is 24.5. The first-order valence-corrected chi connectivity index (χ1v) is 11.5. The van der Waals surface area contributed by atoms with Gasteiger partial charge in [0.1, 0.15) is 0 Å². The number of hydrogen-bond donors (Lipinski definition) is 0. The van der Waals surface area contributed by atoms with Crippen LogP contribution in [0.25, 0.3) is 0 Å². The highest BCUT2D eigenvalue weighted by molar-refractivity contribution is 6.46. The van der Waals surface area contributed by atoms with Crippen molar-refractivity contribution in [1.29, 1.82) is 0 Å². The van der Waals surface area contributed by atoms with Crippen LogP contribution in [0.2, 0.25) is 25.1 Å². The molecule has 0 spiro atoms. The second-order valence-electron chi connectivity index (χ2n) is 9.31. The van der Waals surface area contributed by atoms with E-state index in [0.29, 0.717) is 31.2 Å². The van der Waals surface area contributed by atoms with E-state index in [1.165, 1.54) is 13.8 Å². The third-order valence-electron chi connectivity index (χ3n) is 4.56. The van der Waals surface area contributed by atoms with Gasteiger partial charge in [-0.05, 0) is 47.9 Å². The number of ketones is 2. The Morgan fingerprint density at radius 3 is 1.48 bits per heavy atom. The second kappa shape index (κ2) is 10.4. The molecule has 31 heavy (non-hydrogen) atoms. The van der Waals surface area contributed by atoms with Gasteiger partial charge in [-0.2, -0.15) is 0 Å². The molecule has 2 nitrogen and oxygen atoms in total. The van der Waals surface area contributed by atoms with Gasteiger partial charge in [-0.25, -0.2) is 0 Å². The Morgan fingerprint density at radius 2 is 1.10 bits per heavy atom. The molecule has 0 aliphatic rings. The Hall–Kier alpha value is -0.770. The molecule has 0 aliphatic carbocycles. The summed E-state index contributed by atoms with van der Waals surface area (Å²) in [5.41, 5.74) is 2.28. The molecule has 0 unspecified atom stereocenters. The first kappa shape index (κ1) is 28.3. The molecule has 0 atom stereocenters. The van der Waals surface area contributed by atoms with E-state index < -0.39 is 0 Å². The van der Waals surface area contributed by atoms with Crippen LogP contribution < -0.4 is 0 Å². The highest BCUT2D eigenvalue weighted by Crippen LogP contribution is 2.41. The highest BCUT2D eigenvalue weighted by Gasteiger charge is 2.25. The summed E-state index contributed by atoms with van der Waals surface area (Å²) in [6, 6.07) is 5.18. The Labute approximate surface area is 210 Å². The van der Waals surface area contributed by atoms with Crippen molar-refractivity contribution in [3.05, 3.63) is 65.6 Å². The van der Waals surface area contributed by atoms with Gasteiger partial charge in [-0.3, -0.25) is 9.59 Å². The fraction of sp³-hybridized carbons (Fsp3) is 0.417. The maximum atomic E-state index is 11.3. The molecule has 0 saturated carbocycles. The smallest absolute Gasteiger partial charge is 0.161 e. The number of rotatable bonds is 2. The topological polar surface area (TPSA) is 34.1 Å². The third-order valence-corrected chi connectivity index (χ3v) is 6.60. The summed E-state index contributed by atoms with van der Waals surface area (Å²) in [4.78, 5) is 22.6. The minimum atomic E-state index is -0.215. The van der Waals surface area contributed by atoms with Crippen LogP contribution in [-0.2, 0) is 10.8 Å². The molecule has 7 heteroatoms. The lowest BCUT2D eigenvalue weighted by molar-refractivity contribution is 0.100. The fourth-order valence-electron chi connectivity index (χ4n) is 2.94. The molecule has 0 aromatic heterocycles. The summed E-state index contributed by atoms with van der Waals surface area (Å²) in [6.45, 7) is 15.0. The van der Waals surface area contributed by atoms with E-state index in [9.17, 15) is 9.59 Å². The van der Waals surface area contributed by atoms with Gasteiger partial charge >= 0.3 is 0 Å². The number of benzene rings is 2. The monoisotopic (exact) mass is 522 g/mol. The number of hydrogen-bond acceptors (Lipinski definition) is 2. The van der Waals surface area contributed by atoms with Gasteiger partial charge < -0.3 is 0 Å². The van der Waals surface area contributed by atoms with E-state index in [0.717, 1.165) is 11.1 Å². The first-order valence-electron chi connectivity index (χ1n) is 9.59. The summed E-state index contributed by atoms with van der Waals surface area (Å²) >= 11 is 30.6. The molecule has 2 aromatic carbocycles. The molecule has 2 aromatic rings. The van der Waals surface area contributed by atoms with Crippen LogP contribution >= 0.6 is 58.0 Å². The van der Waals surface area contributed by atoms with Crippen LogP contribution in [0.5, 0.6) is 0 Å². The SMILES string of the molecule is CC(=O)c1cc(Cl)c(C(C)(C)C)c(Cl)c1Cl.CC(=O)c1ccc(C(C)(C)C)c(Cl)c1Cl. The predicted molar refractivity (Wildman–Crippen MR) is 135 cm³/mol. The van der Waals surface area contributed by atoms with Crippen LogP contribution in [0, 0.1) is 0 Å². The zero-order valence-electron chi connectivity index (χ0n) is 18.9. The van der Waals surface area contributed by atoms with Crippen molar-refractivity contribution in [3.63, 3.8) is 0 Å². The molecule has 0 saturated heterocycles. The van der Waals surface area contributed by atoms with Crippen molar-refractivity contribution >= 4 is 69.6 Å². The lowest BCUT2D eigenvalue weighted by atomic mass is 9.86. The Kier molecular flexibility index (Phi) is 9.52. The van der Waals surface area contributed by atoms with E-state index in [2.05, 4.69) is 20.8 Å². The molecule has 0 radical (unpaired) electrons. The van der Waals surface area contributed by atoms with Crippen LogP contribution in [0.4, 0.5) is 0 Å². The quantitative estimate of drug-likeness (QED) is 0.289. The average molecular weight is 525 g/mol. The lowest BCUT2D eigenvalue weighted by Crippen LogP contribution is -2.14. The maximum absolute atomic E-state index is 11.3.